The number of nitrogens with one attached hydrogen (secondary N) is 1. The summed E-state index contributed by atoms with van der Waals surface area (Å²) >= 11 is 0. The first-order chi connectivity index (χ1) is 9.29. The molecule has 0 heterocycles. The molecule has 0 bridgehead atoms. The molecular formula is C14H19F2NO3. The Hall–Kier alpha value is -1.85. The molecule has 20 heavy (non-hydrogen) atoms. The normalized spacial score (nSPS) is 11.3. The van der Waals surface area contributed by atoms with Crippen molar-refractivity contribution in [1.82, 2.24) is 5.32 Å². The van der Waals surface area contributed by atoms with Crippen LogP contribution in [0.2, 0.25) is 0 Å². The fourth-order valence-corrected chi connectivity index (χ4v) is 1.47. The molecule has 6 heteroatoms. The number of amides is 1. The fraction of sp³-hybridized carbons (Fsp3) is 0.500. The predicted octanol–water partition coefficient (Wildman–Crippen LogP) is 3.22. The molecule has 0 unspecified atom stereocenters. The van der Waals surface area contributed by atoms with E-state index in [1.807, 2.05) is 20.8 Å². The number of alkyl halides is 2. The highest BCUT2D eigenvalue weighted by molar-refractivity contribution is 5.95. The van der Waals surface area contributed by atoms with Gasteiger partial charge in [0.05, 0.1) is 7.11 Å². The Labute approximate surface area is 117 Å². The van der Waals surface area contributed by atoms with E-state index in [2.05, 4.69) is 10.1 Å². The second-order valence-electron chi connectivity index (χ2n) is 4.94. The van der Waals surface area contributed by atoms with Crippen LogP contribution in [0, 0.1) is 0 Å². The van der Waals surface area contributed by atoms with E-state index in [9.17, 15) is 13.6 Å². The molecule has 0 aromatic heterocycles. The Bertz CT molecular complexity index is 475. The van der Waals surface area contributed by atoms with E-state index in [-0.39, 0.29) is 22.9 Å². The summed E-state index contributed by atoms with van der Waals surface area (Å²) in [5.41, 5.74) is -0.0207. The Morgan fingerprint density at radius 2 is 2.00 bits per heavy atom. The van der Waals surface area contributed by atoms with Crippen molar-refractivity contribution in [3.8, 4) is 11.5 Å². The van der Waals surface area contributed by atoms with Crippen LogP contribution < -0.4 is 14.8 Å². The molecule has 0 radical (unpaired) electrons. The maximum absolute atomic E-state index is 12.2. The zero-order chi connectivity index (χ0) is 15.3. The van der Waals surface area contributed by atoms with Crippen molar-refractivity contribution < 1.29 is 23.0 Å². The summed E-state index contributed by atoms with van der Waals surface area (Å²) < 4.78 is 33.7. The van der Waals surface area contributed by atoms with Gasteiger partial charge in [0.15, 0.2) is 11.5 Å². The second kappa shape index (κ2) is 6.54. The average Bonchev–Trinajstić information content (AvgIpc) is 2.38. The molecule has 0 aliphatic rings. The largest absolute Gasteiger partial charge is 0.493 e. The minimum Gasteiger partial charge on any atom is -0.493 e. The molecular weight excluding hydrogens is 268 g/mol. The van der Waals surface area contributed by atoms with Crippen LogP contribution in [0.3, 0.4) is 0 Å². The lowest BCUT2D eigenvalue weighted by Crippen LogP contribution is -2.42. The Kier molecular flexibility index (Phi) is 5.30. The smallest absolute Gasteiger partial charge is 0.387 e. The van der Waals surface area contributed by atoms with Gasteiger partial charge in [-0.15, -0.1) is 0 Å². The maximum atomic E-state index is 12.2. The highest BCUT2D eigenvalue weighted by Crippen LogP contribution is 2.29. The van der Waals surface area contributed by atoms with Gasteiger partial charge in [-0.3, -0.25) is 4.79 Å². The molecule has 1 amide bonds. The van der Waals surface area contributed by atoms with Crippen LogP contribution in [0.5, 0.6) is 11.5 Å². The van der Waals surface area contributed by atoms with E-state index < -0.39 is 6.61 Å². The third kappa shape index (κ3) is 4.36. The highest BCUT2D eigenvalue weighted by Gasteiger charge is 2.20. The van der Waals surface area contributed by atoms with Crippen LogP contribution in [0.1, 0.15) is 37.6 Å². The quantitative estimate of drug-likeness (QED) is 0.874. The van der Waals surface area contributed by atoms with Crippen molar-refractivity contribution in [2.75, 3.05) is 7.11 Å². The van der Waals surface area contributed by atoms with Gasteiger partial charge < -0.3 is 14.8 Å². The van der Waals surface area contributed by atoms with Gasteiger partial charge >= 0.3 is 6.61 Å². The summed E-state index contributed by atoms with van der Waals surface area (Å²) in [6, 6.07) is 4.08. The first kappa shape index (κ1) is 16.2. The van der Waals surface area contributed by atoms with Crippen LogP contribution in [0.25, 0.3) is 0 Å². The van der Waals surface area contributed by atoms with Gasteiger partial charge in [0.2, 0.25) is 0 Å². The summed E-state index contributed by atoms with van der Waals surface area (Å²) in [5, 5.41) is 2.85. The molecule has 0 fully saturated rings. The summed E-state index contributed by atoms with van der Waals surface area (Å²) in [6.07, 6.45) is 0.766. The number of rotatable bonds is 6. The fourth-order valence-electron chi connectivity index (χ4n) is 1.47. The number of hydrogen-bond acceptors (Lipinski definition) is 3. The Morgan fingerprint density at radius 1 is 1.35 bits per heavy atom. The molecule has 4 nitrogen and oxygen atoms in total. The monoisotopic (exact) mass is 287 g/mol. The van der Waals surface area contributed by atoms with Gasteiger partial charge in [0, 0.05) is 11.1 Å². The van der Waals surface area contributed by atoms with E-state index >= 15 is 0 Å². The molecule has 112 valence electrons. The van der Waals surface area contributed by atoms with E-state index in [4.69, 9.17) is 4.74 Å². The van der Waals surface area contributed by atoms with Crippen LogP contribution >= 0.6 is 0 Å². The van der Waals surface area contributed by atoms with Gasteiger partial charge in [0.25, 0.3) is 5.91 Å². The molecule has 0 spiro atoms. The summed E-state index contributed by atoms with van der Waals surface area (Å²) in [6.45, 7) is 2.82. The molecule has 0 saturated heterocycles. The number of carbonyl (C=O) groups excluding carboxylic acids is 1. The van der Waals surface area contributed by atoms with Crippen molar-refractivity contribution in [2.24, 2.45) is 0 Å². The SMILES string of the molecule is CCC(C)(C)NC(=O)c1ccc(OC(F)F)c(OC)c1. The maximum Gasteiger partial charge on any atom is 0.387 e. The van der Waals surface area contributed by atoms with Crippen LogP contribution in [0.15, 0.2) is 18.2 Å². The average molecular weight is 287 g/mol. The molecule has 0 aliphatic carbocycles. The van der Waals surface area contributed by atoms with Gasteiger partial charge in [-0.25, -0.2) is 0 Å². The highest BCUT2D eigenvalue weighted by atomic mass is 19.3. The molecule has 1 aromatic rings. The van der Waals surface area contributed by atoms with Crippen molar-refractivity contribution in [3.05, 3.63) is 23.8 Å². The summed E-state index contributed by atoms with van der Waals surface area (Å²) in [5.74, 6) is -0.306. The minimum atomic E-state index is -2.94. The third-order valence-corrected chi connectivity index (χ3v) is 2.98. The number of benzene rings is 1. The molecule has 0 atom stereocenters. The van der Waals surface area contributed by atoms with Gasteiger partial charge in [-0.05, 0) is 38.5 Å². The van der Waals surface area contributed by atoms with Crippen LogP contribution in [-0.4, -0.2) is 25.2 Å². The molecule has 1 aromatic carbocycles. The topological polar surface area (TPSA) is 47.6 Å². The third-order valence-electron chi connectivity index (χ3n) is 2.98. The van der Waals surface area contributed by atoms with Crippen molar-refractivity contribution in [1.29, 1.82) is 0 Å². The number of carbonyl (C=O) groups is 1. The van der Waals surface area contributed by atoms with E-state index in [0.29, 0.717) is 5.56 Å². The molecule has 0 saturated carbocycles. The first-order valence-electron chi connectivity index (χ1n) is 6.24. The molecule has 0 aliphatic heterocycles. The van der Waals surface area contributed by atoms with Crippen LogP contribution in [-0.2, 0) is 0 Å². The van der Waals surface area contributed by atoms with Gasteiger partial charge in [-0.1, -0.05) is 6.92 Å². The van der Waals surface area contributed by atoms with E-state index in [1.54, 1.807) is 0 Å². The number of halogens is 2. The lowest BCUT2D eigenvalue weighted by molar-refractivity contribution is -0.0512. The Morgan fingerprint density at radius 3 is 2.50 bits per heavy atom. The lowest BCUT2D eigenvalue weighted by atomic mass is 10.0. The second-order valence-corrected chi connectivity index (χ2v) is 4.94. The molecule has 1 N–H and O–H groups in total. The summed E-state index contributed by atoms with van der Waals surface area (Å²) in [4.78, 5) is 12.1. The van der Waals surface area contributed by atoms with Crippen LogP contribution in [0.4, 0.5) is 8.78 Å². The Balaban J connectivity index is 2.95. The zero-order valence-corrected chi connectivity index (χ0v) is 12.0. The van der Waals surface area contributed by atoms with Crippen molar-refractivity contribution in [2.45, 2.75) is 39.3 Å². The number of hydrogen-bond donors (Lipinski definition) is 1. The predicted molar refractivity (Wildman–Crippen MR) is 71.5 cm³/mol. The summed E-state index contributed by atoms with van der Waals surface area (Å²) in [7, 11) is 1.32. The first-order valence-corrected chi connectivity index (χ1v) is 6.24. The van der Waals surface area contributed by atoms with Crippen molar-refractivity contribution >= 4 is 5.91 Å². The minimum absolute atomic E-state index is 0.0901. The number of methoxy groups -OCH3 is 1. The van der Waals surface area contributed by atoms with Crippen molar-refractivity contribution in [3.63, 3.8) is 0 Å². The van der Waals surface area contributed by atoms with E-state index in [0.717, 1.165) is 6.42 Å². The molecule has 1 rings (SSSR count). The van der Waals surface area contributed by atoms with Gasteiger partial charge in [0.1, 0.15) is 0 Å². The lowest BCUT2D eigenvalue weighted by Gasteiger charge is -2.24. The van der Waals surface area contributed by atoms with Gasteiger partial charge in [-0.2, -0.15) is 8.78 Å². The standard InChI is InChI=1S/C14H19F2NO3/c1-5-14(2,3)17-12(18)9-6-7-10(20-13(15)16)11(8-9)19-4/h6-8,13H,5H2,1-4H3,(H,17,18). The number of ether oxygens (including phenoxy) is 2. The zero-order valence-electron chi connectivity index (χ0n) is 12.0. The van der Waals surface area contributed by atoms with E-state index in [1.165, 1.54) is 25.3 Å².